The van der Waals surface area contributed by atoms with Crippen LogP contribution in [0.15, 0.2) is 35.5 Å². The quantitative estimate of drug-likeness (QED) is 0.568. The number of anilines is 1. The first kappa shape index (κ1) is 15.8. The lowest BCUT2D eigenvalue weighted by molar-refractivity contribution is 0.0522. The van der Waals surface area contributed by atoms with Gasteiger partial charge in [-0.1, -0.05) is 0 Å². The van der Waals surface area contributed by atoms with Crippen LogP contribution >= 0.6 is 22.6 Å². The maximum Gasteiger partial charge on any atom is 0.342 e. The molecule has 1 heterocycles. The van der Waals surface area contributed by atoms with Gasteiger partial charge in [0.05, 0.1) is 12.8 Å². The van der Waals surface area contributed by atoms with Crippen molar-refractivity contribution in [2.45, 2.75) is 11.9 Å². The Kier molecular flexibility index (Phi) is 4.83. The first-order valence-corrected chi connectivity index (χ1v) is 8.49. The highest BCUT2D eigenvalue weighted by Crippen LogP contribution is 2.19. The van der Waals surface area contributed by atoms with Crippen molar-refractivity contribution in [3.8, 4) is 0 Å². The van der Waals surface area contributed by atoms with Crippen molar-refractivity contribution >= 4 is 44.3 Å². The summed E-state index contributed by atoms with van der Waals surface area (Å²) in [6.45, 7) is 1.78. The summed E-state index contributed by atoms with van der Waals surface area (Å²) < 4.78 is 32.7. The molecule has 0 aliphatic rings. The number of hydrogen-bond acceptors (Lipinski definition) is 5. The van der Waals surface area contributed by atoms with Crippen LogP contribution < -0.4 is 4.72 Å². The van der Waals surface area contributed by atoms with Gasteiger partial charge >= 0.3 is 5.97 Å². The van der Waals surface area contributed by atoms with Crippen LogP contribution in [0.1, 0.15) is 17.3 Å². The Morgan fingerprint density at radius 1 is 1.38 bits per heavy atom. The Morgan fingerprint density at radius 2 is 2.05 bits per heavy atom. The molecule has 0 saturated heterocycles. The van der Waals surface area contributed by atoms with E-state index in [4.69, 9.17) is 4.74 Å². The molecule has 0 atom stereocenters. The SMILES string of the molecule is CCOC(=O)c1cn[nH]c1S(=O)(=O)Nc1ccc(I)cc1. The average Bonchev–Trinajstić information content (AvgIpc) is 2.92. The molecule has 1 aromatic heterocycles. The molecule has 0 aliphatic carbocycles. The summed E-state index contributed by atoms with van der Waals surface area (Å²) >= 11 is 2.11. The summed E-state index contributed by atoms with van der Waals surface area (Å²) in [5.74, 6) is -0.741. The molecule has 7 nitrogen and oxygen atoms in total. The summed E-state index contributed by atoms with van der Waals surface area (Å²) in [5.41, 5.74) is 0.259. The van der Waals surface area contributed by atoms with E-state index in [1.165, 1.54) is 0 Å². The molecule has 0 amide bonds. The van der Waals surface area contributed by atoms with E-state index in [0.717, 1.165) is 9.77 Å². The van der Waals surface area contributed by atoms with Gasteiger partial charge in [-0.15, -0.1) is 0 Å². The van der Waals surface area contributed by atoms with Crippen molar-refractivity contribution in [2.75, 3.05) is 11.3 Å². The van der Waals surface area contributed by atoms with E-state index in [2.05, 4.69) is 37.5 Å². The number of sulfonamides is 1. The van der Waals surface area contributed by atoms with Crippen molar-refractivity contribution in [2.24, 2.45) is 0 Å². The van der Waals surface area contributed by atoms with E-state index in [0.29, 0.717) is 5.69 Å². The van der Waals surface area contributed by atoms with E-state index in [1.54, 1.807) is 31.2 Å². The predicted octanol–water partition coefficient (Wildman–Crippen LogP) is 1.99. The molecule has 112 valence electrons. The number of nitrogens with zero attached hydrogens (tertiary/aromatic N) is 1. The monoisotopic (exact) mass is 421 g/mol. The minimum absolute atomic E-state index is 0.130. The molecule has 0 bridgehead atoms. The lowest BCUT2D eigenvalue weighted by Crippen LogP contribution is -2.17. The second kappa shape index (κ2) is 6.43. The van der Waals surface area contributed by atoms with Gasteiger partial charge in [-0.3, -0.25) is 9.82 Å². The Morgan fingerprint density at radius 3 is 2.67 bits per heavy atom. The molecule has 0 spiro atoms. The first-order valence-electron chi connectivity index (χ1n) is 5.93. The van der Waals surface area contributed by atoms with Crippen molar-refractivity contribution in [3.63, 3.8) is 0 Å². The van der Waals surface area contributed by atoms with Gasteiger partial charge < -0.3 is 4.74 Å². The standard InChI is InChI=1S/C12H12IN3O4S/c1-2-20-12(17)10-7-14-15-11(10)21(18,19)16-9-5-3-8(13)4-6-9/h3-7,16H,2H2,1H3,(H,14,15). The number of aromatic nitrogens is 2. The minimum Gasteiger partial charge on any atom is -0.462 e. The molecule has 0 unspecified atom stereocenters. The number of rotatable bonds is 5. The third-order valence-electron chi connectivity index (χ3n) is 2.46. The number of benzene rings is 1. The fourth-order valence-electron chi connectivity index (χ4n) is 1.56. The van der Waals surface area contributed by atoms with Crippen LogP contribution in [0.2, 0.25) is 0 Å². The van der Waals surface area contributed by atoms with Crippen LogP contribution in [0.25, 0.3) is 0 Å². The average molecular weight is 421 g/mol. The summed E-state index contributed by atoms with van der Waals surface area (Å²) in [7, 11) is -3.95. The van der Waals surface area contributed by atoms with Crippen molar-refractivity contribution in [1.29, 1.82) is 0 Å². The molecule has 9 heteroatoms. The molecule has 1 aromatic carbocycles. The fourth-order valence-corrected chi connectivity index (χ4v) is 3.06. The number of H-pyrrole nitrogens is 1. The molecule has 0 fully saturated rings. The zero-order chi connectivity index (χ0) is 15.5. The molecule has 21 heavy (non-hydrogen) atoms. The van der Waals surface area contributed by atoms with Crippen molar-refractivity contribution in [1.82, 2.24) is 10.2 Å². The van der Waals surface area contributed by atoms with Crippen LogP contribution in [0.5, 0.6) is 0 Å². The number of hydrogen-bond donors (Lipinski definition) is 2. The van der Waals surface area contributed by atoms with Crippen LogP contribution in [0.4, 0.5) is 5.69 Å². The topological polar surface area (TPSA) is 101 Å². The maximum absolute atomic E-state index is 12.3. The highest BCUT2D eigenvalue weighted by atomic mass is 127. The summed E-state index contributed by atoms with van der Waals surface area (Å²) in [6.07, 6.45) is 1.13. The number of aromatic amines is 1. The third-order valence-corrected chi connectivity index (χ3v) is 4.54. The summed E-state index contributed by atoms with van der Waals surface area (Å²) in [5, 5.41) is 5.60. The molecule has 2 N–H and O–H groups in total. The summed E-state index contributed by atoms with van der Waals surface area (Å²) in [6, 6.07) is 6.77. The van der Waals surface area contributed by atoms with Crippen LogP contribution in [-0.4, -0.2) is 31.2 Å². The number of carbonyl (C=O) groups is 1. The lowest BCUT2D eigenvalue weighted by atomic mass is 10.3. The lowest BCUT2D eigenvalue weighted by Gasteiger charge is -2.08. The minimum atomic E-state index is -3.95. The van der Waals surface area contributed by atoms with Crippen LogP contribution in [-0.2, 0) is 14.8 Å². The second-order valence-corrected chi connectivity index (χ2v) is 6.81. The summed E-state index contributed by atoms with van der Waals surface area (Å²) in [4.78, 5) is 11.7. The van der Waals surface area contributed by atoms with E-state index < -0.39 is 16.0 Å². The molecular weight excluding hydrogens is 409 g/mol. The van der Waals surface area contributed by atoms with Gasteiger partial charge in [-0.05, 0) is 53.8 Å². The van der Waals surface area contributed by atoms with Gasteiger partial charge in [0.1, 0.15) is 5.56 Å². The molecule has 0 aliphatic heterocycles. The largest absolute Gasteiger partial charge is 0.462 e. The molecule has 0 radical (unpaired) electrons. The van der Waals surface area contributed by atoms with E-state index >= 15 is 0 Å². The first-order chi connectivity index (χ1) is 9.94. The Hall–Kier alpha value is -1.62. The van der Waals surface area contributed by atoms with E-state index in [-0.39, 0.29) is 17.2 Å². The Labute approximate surface area is 135 Å². The van der Waals surface area contributed by atoms with Gasteiger partial charge in [-0.25, -0.2) is 4.79 Å². The van der Waals surface area contributed by atoms with Crippen molar-refractivity contribution in [3.05, 3.63) is 39.6 Å². The normalized spacial score (nSPS) is 11.1. The van der Waals surface area contributed by atoms with E-state index in [1.807, 2.05) is 0 Å². The van der Waals surface area contributed by atoms with Gasteiger partial charge in [0, 0.05) is 9.26 Å². The number of halogens is 1. The second-order valence-electron chi connectivity index (χ2n) is 3.95. The highest BCUT2D eigenvalue weighted by molar-refractivity contribution is 14.1. The molecule has 2 rings (SSSR count). The van der Waals surface area contributed by atoms with Gasteiger partial charge in [0.2, 0.25) is 0 Å². The molecule has 0 saturated carbocycles. The smallest absolute Gasteiger partial charge is 0.342 e. The van der Waals surface area contributed by atoms with Crippen LogP contribution in [0.3, 0.4) is 0 Å². The molecular formula is C12H12IN3O4S. The van der Waals surface area contributed by atoms with E-state index in [9.17, 15) is 13.2 Å². The van der Waals surface area contributed by atoms with Gasteiger partial charge in [0.25, 0.3) is 10.0 Å². The molecule has 2 aromatic rings. The number of carbonyl (C=O) groups excluding carboxylic acids is 1. The van der Waals surface area contributed by atoms with Crippen molar-refractivity contribution < 1.29 is 17.9 Å². The number of nitrogens with one attached hydrogen (secondary N) is 2. The zero-order valence-corrected chi connectivity index (χ0v) is 13.9. The predicted molar refractivity (Wildman–Crippen MR) is 84.5 cm³/mol. The number of esters is 1. The Balaban J connectivity index is 2.30. The number of ether oxygens (including phenoxy) is 1. The zero-order valence-electron chi connectivity index (χ0n) is 11.0. The van der Waals surface area contributed by atoms with Crippen LogP contribution in [0, 0.1) is 3.57 Å². The van der Waals surface area contributed by atoms with Gasteiger partial charge in [0.15, 0.2) is 5.03 Å². The third kappa shape index (κ3) is 3.73. The maximum atomic E-state index is 12.3. The highest BCUT2D eigenvalue weighted by Gasteiger charge is 2.25. The fraction of sp³-hybridized carbons (Fsp3) is 0.167. The van der Waals surface area contributed by atoms with Gasteiger partial charge in [-0.2, -0.15) is 13.5 Å². The Bertz CT molecular complexity index is 740.